The van der Waals surface area contributed by atoms with Crippen molar-refractivity contribution in [2.24, 2.45) is 0 Å². The quantitative estimate of drug-likeness (QED) is 0.844. The van der Waals surface area contributed by atoms with Crippen LogP contribution in [0.3, 0.4) is 0 Å². The van der Waals surface area contributed by atoms with Crippen LogP contribution in [0.1, 0.15) is 21.5 Å². The van der Waals surface area contributed by atoms with Gasteiger partial charge < -0.3 is 10.1 Å². The number of rotatable bonds is 2. The van der Waals surface area contributed by atoms with E-state index in [9.17, 15) is 4.79 Å². The van der Waals surface area contributed by atoms with E-state index in [0.29, 0.717) is 0 Å². The van der Waals surface area contributed by atoms with Crippen LogP contribution in [0.25, 0.3) is 0 Å². The van der Waals surface area contributed by atoms with Crippen molar-refractivity contribution in [1.29, 1.82) is 0 Å². The smallest absolute Gasteiger partial charge is 0.262 e. The Morgan fingerprint density at radius 3 is 3.00 bits per heavy atom. The summed E-state index contributed by atoms with van der Waals surface area (Å²) in [6, 6.07) is 5.88. The Morgan fingerprint density at radius 1 is 1.42 bits per heavy atom. The number of thiophene rings is 1. The molecule has 1 unspecified atom stereocenters. The van der Waals surface area contributed by atoms with Gasteiger partial charge in [-0.15, -0.1) is 0 Å². The SMILES string of the molecule is Cc1cscc1C(Br)c1ccc2c(c1)NC(=O)CO2. The standard InChI is InChI=1S/C14H12BrNO2S/c1-8-6-19-7-10(8)14(15)9-2-3-12-11(4-9)16-13(17)5-18-12/h2-4,6-7,14H,5H2,1H3,(H,16,17). The third-order valence-corrected chi connectivity index (χ3v) is 5.00. The predicted molar refractivity (Wildman–Crippen MR) is 80.4 cm³/mol. The number of fused-ring (bicyclic) bond motifs is 1. The van der Waals surface area contributed by atoms with Gasteiger partial charge in [0, 0.05) is 0 Å². The zero-order valence-corrected chi connectivity index (χ0v) is 12.7. The fraction of sp³-hybridized carbons (Fsp3) is 0.214. The first-order chi connectivity index (χ1) is 9.15. The average Bonchev–Trinajstić information content (AvgIpc) is 2.83. The van der Waals surface area contributed by atoms with Crippen molar-refractivity contribution in [2.45, 2.75) is 11.8 Å². The number of nitrogens with one attached hydrogen (secondary N) is 1. The first-order valence-electron chi connectivity index (χ1n) is 5.88. The Bertz CT molecular complexity index is 638. The van der Waals surface area contributed by atoms with Gasteiger partial charge in [0.2, 0.25) is 0 Å². The third kappa shape index (κ3) is 2.40. The molecule has 0 fully saturated rings. The second-order valence-corrected chi connectivity index (χ2v) is 6.12. The van der Waals surface area contributed by atoms with Crippen LogP contribution in [0.4, 0.5) is 5.69 Å². The lowest BCUT2D eigenvalue weighted by molar-refractivity contribution is -0.118. The number of hydrogen-bond acceptors (Lipinski definition) is 3. The molecular weight excluding hydrogens is 326 g/mol. The summed E-state index contributed by atoms with van der Waals surface area (Å²) in [5, 5.41) is 7.11. The zero-order valence-electron chi connectivity index (χ0n) is 10.3. The van der Waals surface area contributed by atoms with Gasteiger partial charge in [-0.3, -0.25) is 4.79 Å². The van der Waals surface area contributed by atoms with E-state index in [1.807, 2.05) is 18.2 Å². The number of hydrogen-bond donors (Lipinski definition) is 1. The summed E-state index contributed by atoms with van der Waals surface area (Å²) in [6.45, 7) is 2.19. The predicted octanol–water partition coefficient (Wildman–Crippen LogP) is 3.87. The first-order valence-corrected chi connectivity index (χ1v) is 7.74. The molecule has 3 nitrogen and oxygen atoms in total. The molecule has 0 radical (unpaired) electrons. The van der Waals surface area contributed by atoms with Crippen molar-refractivity contribution in [3.8, 4) is 5.75 Å². The van der Waals surface area contributed by atoms with Crippen LogP contribution in [0.15, 0.2) is 29.0 Å². The van der Waals surface area contributed by atoms with Crippen molar-refractivity contribution >= 4 is 38.9 Å². The summed E-state index contributed by atoms with van der Waals surface area (Å²) in [6.07, 6.45) is 0. The minimum atomic E-state index is -0.109. The van der Waals surface area contributed by atoms with Gasteiger partial charge in [0.05, 0.1) is 10.5 Å². The number of benzene rings is 1. The van der Waals surface area contributed by atoms with E-state index in [1.54, 1.807) is 11.3 Å². The number of alkyl halides is 1. The maximum absolute atomic E-state index is 11.3. The van der Waals surface area contributed by atoms with E-state index in [0.717, 1.165) is 17.0 Å². The molecule has 0 saturated carbocycles. The average molecular weight is 338 g/mol. The molecule has 1 aromatic carbocycles. The van der Waals surface area contributed by atoms with E-state index in [4.69, 9.17) is 4.74 Å². The van der Waals surface area contributed by atoms with Gasteiger partial charge in [-0.1, -0.05) is 22.0 Å². The number of anilines is 1. The molecule has 1 aliphatic heterocycles. The molecule has 1 aromatic heterocycles. The van der Waals surface area contributed by atoms with Crippen LogP contribution in [-0.4, -0.2) is 12.5 Å². The highest BCUT2D eigenvalue weighted by molar-refractivity contribution is 9.09. The second kappa shape index (κ2) is 4.98. The van der Waals surface area contributed by atoms with E-state index >= 15 is 0 Å². The van der Waals surface area contributed by atoms with Crippen LogP contribution in [-0.2, 0) is 4.79 Å². The summed E-state index contributed by atoms with van der Waals surface area (Å²) < 4.78 is 5.36. The summed E-state index contributed by atoms with van der Waals surface area (Å²) in [5.41, 5.74) is 4.37. The van der Waals surface area contributed by atoms with Gasteiger partial charge in [-0.2, -0.15) is 11.3 Å². The van der Waals surface area contributed by atoms with Gasteiger partial charge in [0.1, 0.15) is 5.75 Å². The number of ether oxygens (including phenoxy) is 1. The maximum Gasteiger partial charge on any atom is 0.262 e. The first kappa shape index (κ1) is 12.7. The van der Waals surface area contributed by atoms with Crippen LogP contribution in [0.2, 0.25) is 0 Å². The molecular formula is C14H12BrNO2S. The monoisotopic (exact) mass is 337 g/mol. The molecule has 0 aliphatic carbocycles. The molecule has 0 spiro atoms. The van der Waals surface area contributed by atoms with E-state index < -0.39 is 0 Å². The summed E-state index contributed by atoms with van der Waals surface area (Å²) in [7, 11) is 0. The normalized spacial score (nSPS) is 15.4. The molecule has 1 amide bonds. The fourth-order valence-electron chi connectivity index (χ4n) is 2.07. The van der Waals surface area contributed by atoms with Gasteiger partial charge >= 0.3 is 0 Å². The minimum absolute atomic E-state index is 0.0910. The van der Waals surface area contributed by atoms with Gasteiger partial charge in [-0.25, -0.2) is 0 Å². The Labute approximate surface area is 123 Å². The molecule has 0 saturated heterocycles. The third-order valence-electron chi connectivity index (χ3n) is 3.10. The van der Waals surface area contributed by atoms with Gasteiger partial charge in [0.15, 0.2) is 6.61 Å². The zero-order chi connectivity index (χ0) is 13.4. The van der Waals surface area contributed by atoms with Gasteiger partial charge in [0.25, 0.3) is 5.91 Å². The number of carbonyl (C=O) groups is 1. The Kier molecular flexibility index (Phi) is 3.33. The molecule has 19 heavy (non-hydrogen) atoms. The molecule has 0 bridgehead atoms. The van der Waals surface area contributed by atoms with Crippen molar-refractivity contribution < 1.29 is 9.53 Å². The molecule has 98 valence electrons. The highest BCUT2D eigenvalue weighted by atomic mass is 79.9. The topological polar surface area (TPSA) is 38.3 Å². The number of carbonyl (C=O) groups excluding carboxylic acids is 1. The molecule has 1 aliphatic rings. The van der Waals surface area contributed by atoms with Crippen molar-refractivity contribution in [1.82, 2.24) is 0 Å². The van der Waals surface area contributed by atoms with Crippen molar-refractivity contribution in [3.63, 3.8) is 0 Å². The van der Waals surface area contributed by atoms with Crippen molar-refractivity contribution in [3.05, 3.63) is 45.6 Å². The Morgan fingerprint density at radius 2 is 2.26 bits per heavy atom. The van der Waals surface area contributed by atoms with Crippen LogP contribution < -0.4 is 10.1 Å². The summed E-state index contributed by atoms with van der Waals surface area (Å²) in [5.74, 6) is 0.618. The van der Waals surface area contributed by atoms with E-state index in [1.165, 1.54) is 11.1 Å². The lowest BCUT2D eigenvalue weighted by atomic mass is 10.0. The highest BCUT2D eigenvalue weighted by Gasteiger charge is 2.19. The molecule has 2 heterocycles. The number of amides is 1. The molecule has 2 aromatic rings. The molecule has 5 heteroatoms. The lowest BCUT2D eigenvalue weighted by Crippen LogP contribution is -2.25. The Hall–Kier alpha value is -1.33. The fourth-order valence-corrected chi connectivity index (χ4v) is 3.90. The van der Waals surface area contributed by atoms with E-state index in [-0.39, 0.29) is 17.3 Å². The van der Waals surface area contributed by atoms with Crippen LogP contribution in [0, 0.1) is 6.92 Å². The molecule has 1 atom stereocenters. The Balaban J connectivity index is 1.96. The second-order valence-electron chi connectivity index (χ2n) is 4.47. The number of aryl methyl sites for hydroxylation is 1. The lowest BCUT2D eigenvalue weighted by Gasteiger charge is -2.20. The minimum Gasteiger partial charge on any atom is -0.482 e. The van der Waals surface area contributed by atoms with Crippen LogP contribution in [0.5, 0.6) is 5.75 Å². The highest BCUT2D eigenvalue weighted by Crippen LogP contribution is 2.38. The van der Waals surface area contributed by atoms with Crippen molar-refractivity contribution in [2.75, 3.05) is 11.9 Å². The summed E-state index contributed by atoms with van der Waals surface area (Å²) in [4.78, 5) is 11.5. The maximum atomic E-state index is 11.3. The molecule has 3 rings (SSSR count). The van der Waals surface area contributed by atoms with Gasteiger partial charge in [-0.05, 0) is 46.5 Å². The summed E-state index contributed by atoms with van der Waals surface area (Å²) >= 11 is 5.41. The largest absolute Gasteiger partial charge is 0.482 e. The molecule has 1 N–H and O–H groups in total. The van der Waals surface area contributed by atoms with Crippen LogP contribution >= 0.6 is 27.3 Å². The number of halogens is 1. The van der Waals surface area contributed by atoms with E-state index in [2.05, 4.69) is 38.9 Å².